The number of hydrogen-bond acceptors (Lipinski definition) is 6. The van der Waals surface area contributed by atoms with Gasteiger partial charge >= 0.3 is 65.2 Å². The van der Waals surface area contributed by atoms with Gasteiger partial charge in [-0.1, -0.05) is 0 Å². The van der Waals surface area contributed by atoms with Gasteiger partial charge in [0.1, 0.15) is 0 Å². The van der Waals surface area contributed by atoms with Crippen molar-refractivity contribution in [2.75, 3.05) is 7.11 Å². The van der Waals surface area contributed by atoms with Crippen molar-refractivity contribution in [3.8, 4) is 0 Å². The molecule has 0 saturated heterocycles. The molecule has 0 aliphatic carbocycles. The van der Waals surface area contributed by atoms with Crippen molar-refractivity contribution in [2.45, 2.75) is 12.5 Å². The van der Waals surface area contributed by atoms with Gasteiger partial charge in [-0.05, 0) is 0 Å². The van der Waals surface area contributed by atoms with E-state index in [2.05, 4.69) is 4.74 Å². The van der Waals surface area contributed by atoms with Crippen LogP contribution in [0.2, 0.25) is 0 Å². The Morgan fingerprint density at radius 2 is 1.73 bits per heavy atom. The van der Waals surface area contributed by atoms with Crippen molar-refractivity contribution >= 4 is 18.0 Å². The SMILES string of the molecule is COC(=O)NC(CC(=O)[O-])C(=O)[O-].[Na+].[Na+]. The van der Waals surface area contributed by atoms with Gasteiger partial charge in [0, 0.05) is 12.4 Å². The molecule has 0 aromatic heterocycles. The summed E-state index contributed by atoms with van der Waals surface area (Å²) in [5.74, 6) is -3.32. The summed E-state index contributed by atoms with van der Waals surface area (Å²) < 4.78 is 4.06. The number of nitrogens with one attached hydrogen (secondary N) is 1. The van der Waals surface area contributed by atoms with Gasteiger partial charge in [-0.3, -0.25) is 0 Å². The molecule has 0 rings (SSSR count). The molecule has 0 aromatic carbocycles. The molecule has 15 heavy (non-hydrogen) atoms. The minimum atomic E-state index is -1.71. The van der Waals surface area contributed by atoms with E-state index in [-0.39, 0.29) is 59.1 Å². The second-order valence-electron chi connectivity index (χ2n) is 2.08. The predicted octanol–water partition coefficient (Wildman–Crippen LogP) is -9.39. The topological polar surface area (TPSA) is 119 Å². The zero-order valence-electron chi connectivity index (χ0n) is 8.73. The van der Waals surface area contributed by atoms with Crippen LogP contribution in [0, 0.1) is 0 Å². The largest absolute Gasteiger partial charge is 1.00 e. The molecule has 0 spiro atoms. The number of alkyl carbamates (subject to hydrolysis) is 1. The number of carbonyl (C=O) groups is 3. The van der Waals surface area contributed by atoms with Crippen LogP contribution in [0.3, 0.4) is 0 Å². The summed E-state index contributed by atoms with van der Waals surface area (Å²) in [6.45, 7) is 0. The molecule has 0 aliphatic rings. The molecule has 1 unspecified atom stereocenters. The van der Waals surface area contributed by atoms with Crippen molar-refractivity contribution in [3.63, 3.8) is 0 Å². The Hall–Kier alpha value is 0.210. The van der Waals surface area contributed by atoms with Crippen molar-refractivity contribution < 1.29 is 88.4 Å². The van der Waals surface area contributed by atoms with E-state index in [1.807, 2.05) is 0 Å². The van der Waals surface area contributed by atoms with E-state index >= 15 is 0 Å². The third-order valence-electron chi connectivity index (χ3n) is 1.13. The second-order valence-corrected chi connectivity index (χ2v) is 2.08. The zero-order valence-corrected chi connectivity index (χ0v) is 12.7. The van der Waals surface area contributed by atoms with Crippen LogP contribution >= 0.6 is 0 Å². The smallest absolute Gasteiger partial charge is 0.550 e. The summed E-state index contributed by atoms with van der Waals surface area (Å²) in [6, 6.07) is -1.64. The molecule has 0 aromatic rings. The van der Waals surface area contributed by atoms with Crippen molar-refractivity contribution in [2.24, 2.45) is 0 Å². The Morgan fingerprint density at radius 1 is 1.27 bits per heavy atom. The van der Waals surface area contributed by atoms with Crippen molar-refractivity contribution in [3.05, 3.63) is 0 Å². The first-order valence-electron chi connectivity index (χ1n) is 3.22. The molecule has 7 nitrogen and oxygen atoms in total. The Labute approximate surface area is 130 Å². The Morgan fingerprint density at radius 3 is 2.00 bits per heavy atom. The van der Waals surface area contributed by atoms with Crippen LogP contribution < -0.4 is 74.6 Å². The first-order chi connectivity index (χ1) is 5.97. The average Bonchev–Trinajstić information content (AvgIpc) is 2.02. The van der Waals surface area contributed by atoms with E-state index in [0.29, 0.717) is 0 Å². The minimum absolute atomic E-state index is 0. The molecular formula is C6H7NNa2O6. The molecular weight excluding hydrogens is 228 g/mol. The maximum Gasteiger partial charge on any atom is 1.00 e. The molecule has 1 N–H and O–H groups in total. The van der Waals surface area contributed by atoms with Gasteiger partial charge in [0.2, 0.25) is 0 Å². The number of amides is 1. The number of rotatable bonds is 4. The number of hydrogen-bond donors (Lipinski definition) is 1. The van der Waals surface area contributed by atoms with Crippen LogP contribution in [-0.2, 0) is 14.3 Å². The number of ether oxygens (including phenoxy) is 1. The number of methoxy groups -OCH3 is 1. The molecule has 0 bridgehead atoms. The third kappa shape index (κ3) is 10.5. The van der Waals surface area contributed by atoms with Gasteiger partial charge in [-0.2, -0.15) is 0 Å². The summed E-state index contributed by atoms with van der Waals surface area (Å²) >= 11 is 0. The van der Waals surface area contributed by atoms with Crippen LogP contribution in [-0.4, -0.2) is 31.2 Å². The molecule has 1 amide bonds. The van der Waals surface area contributed by atoms with Crippen LogP contribution in [0.1, 0.15) is 6.42 Å². The Balaban J connectivity index is -0.000000720. The van der Waals surface area contributed by atoms with Gasteiger partial charge in [-0.25, -0.2) is 4.79 Å². The van der Waals surface area contributed by atoms with E-state index in [1.54, 1.807) is 5.32 Å². The molecule has 0 saturated carbocycles. The van der Waals surface area contributed by atoms with Crippen LogP contribution in [0.4, 0.5) is 4.79 Å². The number of aliphatic carboxylic acids is 2. The summed E-state index contributed by atoms with van der Waals surface area (Å²) in [5.41, 5.74) is 0. The Kier molecular flexibility index (Phi) is 14.7. The normalized spacial score (nSPS) is 9.93. The average molecular weight is 235 g/mol. The van der Waals surface area contributed by atoms with E-state index < -0.39 is 30.5 Å². The predicted molar refractivity (Wildman–Crippen MR) is 34.0 cm³/mol. The first kappa shape index (κ1) is 20.6. The standard InChI is InChI=1S/C6H9NO6.2Na/c1-13-6(12)7-3(5(10)11)2-4(8)9;;/h3H,2H2,1H3,(H,7,12)(H,8,9)(H,10,11);;/q;2*+1/p-2. The van der Waals surface area contributed by atoms with E-state index in [9.17, 15) is 24.6 Å². The van der Waals surface area contributed by atoms with E-state index in [0.717, 1.165) is 7.11 Å². The van der Waals surface area contributed by atoms with E-state index in [4.69, 9.17) is 0 Å². The molecule has 0 heterocycles. The van der Waals surface area contributed by atoms with Crippen LogP contribution in [0.5, 0.6) is 0 Å². The minimum Gasteiger partial charge on any atom is -0.550 e. The summed E-state index contributed by atoms with van der Waals surface area (Å²) in [6.07, 6.45) is -1.91. The number of carboxylic acid groups (broad SMARTS) is 2. The molecule has 0 fully saturated rings. The van der Waals surface area contributed by atoms with Gasteiger partial charge in [0.05, 0.1) is 19.1 Å². The van der Waals surface area contributed by atoms with Gasteiger partial charge in [0.15, 0.2) is 0 Å². The maximum absolute atomic E-state index is 10.5. The fourth-order valence-electron chi connectivity index (χ4n) is 0.561. The molecule has 9 heteroatoms. The van der Waals surface area contributed by atoms with Crippen molar-refractivity contribution in [1.29, 1.82) is 0 Å². The number of carbonyl (C=O) groups excluding carboxylic acids is 3. The molecule has 1 atom stereocenters. The quantitative estimate of drug-likeness (QED) is 0.483. The van der Waals surface area contributed by atoms with Gasteiger partial charge < -0.3 is 29.9 Å². The van der Waals surface area contributed by atoms with Crippen LogP contribution in [0.25, 0.3) is 0 Å². The van der Waals surface area contributed by atoms with E-state index in [1.165, 1.54) is 0 Å². The molecule has 74 valence electrons. The number of carboxylic acids is 2. The molecule has 0 aliphatic heterocycles. The second kappa shape index (κ2) is 10.7. The summed E-state index contributed by atoms with van der Waals surface area (Å²) in [5, 5.41) is 22.0. The zero-order chi connectivity index (χ0) is 10.4. The first-order valence-corrected chi connectivity index (χ1v) is 3.22. The monoisotopic (exact) mass is 235 g/mol. The molecule has 0 radical (unpaired) electrons. The van der Waals surface area contributed by atoms with Crippen molar-refractivity contribution in [1.82, 2.24) is 5.32 Å². The third-order valence-corrected chi connectivity index (χ3v) is 1.13. The summed E-state index contributed by atoms with van der Waals surface area (Å²) in [4.78, 5) is 30.7. The van der Waals surface area contributed by atoms with Gasteiger partial charge in [-0.15, -0.1) is 0 Å². The fourth-order valence-corrected chi connectivity index (χ4v) is 0.561. The summed E-state index contributed by atoms with van der Waals surface area (Å²) in [7, 11) is 1.01. The van der Waals surface area contributed by atoms with Crippen LogP contribution in [0.15, 0.2) is 0 Å². The fraction of sp³-hybridized carbons (Fsp3) is 0.500. The maximum atomic E-state index is 10.5. The Bertz CT molecular complexity index is 234. The van der Waals surface area contributed by atoms with Gasteiger partial charge in [0.25, 0.3) is 0 Å².